The Morgan fingerprint density at radius 2 is 1.82 bits per heavy atom. The Labute approximate surface area is 206 Å². The molecule has 2 N–H and O–H groups in total. The maximum Gasteiger partial charge on any atom is 0.236 e. The van der Waals surface area contributed by atoms with E-state index in [4.69, 9.17) is 17.0 Å². The van der Waals surface area contributed by atoms with Crippen molar-refractivity contribution in [3.05, 3.63) is 95.1 Å². The zero-order valence-corrected chi connectivity index (χ0v) is 20.5. The molecule has 2 aliphatic rings. The molecule has 0 saturated carbocycles. The highest BCUT2D eigenvalue weighted by atomic mass is 32.1. The number of ether oxygens (including phenoxy) is 1. The molecule has 5 rings (SSSR count). The smallest absolute Gasteiger partial charge is 0.236 e. The van der Waals surface area contributed by atoms with Gasteiger partial charge in [-0.2, -0.15) is 0 Å². The Hall–Kier alpha value is -3.38. The van der Waals surface area contributed by atoms with Crippen LogP contribution in [0.2, 0.25) is 0 Å². The van der Waals surface area contributed by atoms with Gasteiger partial charge < -0.3 is 20.3 Å². The van der Waals surface area contributed by atoms with Crippen molar-refractivity contribution in [3.63, 3.8) is 0 Å². The molecule has 3 aromatic rings. The molecular formula is C28H29N3O2S. The molecule has 0 unspecified atom stereocenters. The van der Waals surface area contributed by atoms with Crippen molar-refractivity contribution in [2.45, 2.75) is 39.0 Å². The maximum atomic E-state index is 13.9. The first-order valence-corrected chi connectivity index (χ1v) is 12.1. The minimum Gasteiger partial charge on any atom is -0.467 e. The van der Waals surface area contributed by atoms with Gasteiger partial charge in [0.1, 0.15) is 11.7 Å². The quantitative estimate of drug-likeness (QED) is 0.505. The zero-order chi connectivity index (χ0) is 23.9. The molecule has 1 saturated heterocycles. The van der Waals surface area contributed by atoms with E-state index in [1.807, 2.05) is 80.3 Å². The normalized spacial score (nSPS) is 22.9. The molecule has 2 bridgehead atoms. The SMILES string of the molecule is Cc1ccc(NC(=O)[C@H]2[C@@H]3NC(=S)N(CCc4ccccc4)[C@@]2(C)Oc2ccccc23)c(C)c1. The largest absolute Gasteiger partial charge is 0.467 e. The van der Waals surface area contributed by atoms with Gasteiger partial charge in [0.25, 0.3) is 0 Å². The van der Waals surface area contributed by atoms with E-state index in [1.165, 1.54) is 5.56 Å². The monoisotopic (exact) mass is 471 g/mol. The first kappa shape index (κ1) is 22.4. The number of aryl methyl sites for hydroxylation is 2. The first-order chi connectivity index (χ1) is 16.4. The summed E-state index contributed by atoms with van der Waals surface area (Å²) in [6, 6.07) is 24.0. The maximum absolute atomic E-state index is 13.9. The lowest BCUT2D eigenvalue weighted by atomic mass is 9.78. The topological polar surface area (TPSA) is 53.6 Å². The van der Waals surface area contributed by atoms with E-state index in [2.05, 4.69) is 28.8 Å². The van der Waals surface area contributed by atoms with Crippen molar-refractivity contribution >= 4 is 28.9 Å². The summed E-state index contributed by atoms with van der Waals surface area (Å²) in [5, 5.41) is 7.25. The number of nitrogens with one attached hydrogen (secondary N) is 2. The van der Waals surface area contributed by atoms with Gasteiger partial charge in [-0.15, -0.1) is 0 Å². The van der Waals surface area contributed by atoms with Crippen LogP contribution in [0.25, 0.3) is 0 Å². The van der Waals surface area contributed by atoms with Crippen molar-refractivity contribution < 1.29 is 9.53 Å². The number of hydrogen-bond acceptors (Lipinski definition) is 3. The van der Waals surface area contributed by atoms with Crippen molar-refractivity contribution in [2.24, 2.45) is 5.92 Å². The lowest BCUT2D eigenvalue weighted by Gasteiger charge is -2.56. The third-order valence-corrected chi connectivity index (χ3v) is 7.27. The van der Waals surface area contributed by atoms with E-state index < -0.39 is 11.6 Å². The minimum absolute atomic E-state index is 0.0892. The third kappa shape index (κ3) is 3.92. The number of benzene rings is 3. The summed E-state index contributed by atoms with van der Waals surface area (Å²) in [5.41, 5.74) is 4.24. The van der Waals surface area contributed by atoms with E-state index in [-0.39, 0.29) is 11.9 Å². The Morgan fingerprint density at radius 1 is 1.09 bits per heavy atom. The lowest BCUT2D eigenvalue weighted by molar-refractivity contribution is -0.149. The predicted octanol–water partition coefficient (Wildman–Crippen LogP) is 5.14. The molecule has 0 aromatic heterocycles. The fraction of sp³-hybridized carbons (Fsp3) is 0.286. The van der Waals surface area contributed by atoms with Gasteiger partial charge in [-0.05, 0) is 62.7 Å². The summed E-state index contributed by atoms with van der Waals surface area (Å²) in [7, 11) is 0. The molecule has 0 radical (unpaired) electrons. The van der Waals surface area contributed by atoms with E-state index in [0.717, 1.165) is 34.5 Å². The number of carbonyl (C=O) groups is 1. The standard InChI is InChI=1S/C28H29N3O2S/c1-18-13-14-22(19(2)17-18)29-26(32)24-25-21-11-7-8-12-23(21)33-28(24,3)31(27(34)30-25)16-15-20-9-5-4-6-10-20/h4-14,17,24-25H,15-16H2,1-3H3,(H,29,32)(H,30,34)/t24-,25-,28+/m1/s1. The van der Waals surface area contributed by atoms with E-state index in [1.54, 1.807) is 0 Å². The Kier molecular flexibility index (Phi) is 5.78. The van der Waals surface area contributed by atoms with Gasteiger partial charge in [-0.3, -0.25) is 4.79 Å². The molecule has 0 aliphatic carbocycles. The highest BCUT2D eigenvalue weighted by Gasteiger charge is 2.58. The summed E-state index contributed by atoms with van der Waals surface area (Å²) in [6.07, 6.45) is 0.791. The number of carbonyl (C=O) groups excluding carboxylic acids is 1. The van der Waals surface area contributed by atoms with Crippen molar-refractivity contribution in [1.82, 2.24) is 10.2 Å². The molecule has 6 heteroatoms. The van der Waals surface area contributed by atoms with E-state index >= 15 is 0 Å². The van der Waals surface area contributed by atoms with Crippen LogP contribution in [0, 0.1) is 19.8 Å². The number of anilines is 1. The molecule has 174 valence electrons. The molecular weight excluding hydrogens is 442 g/mol. The van der Waals surface area contributed by atoms with Crippen molar-refractivity contribution in [1.29, 1.82) is 0 Å². The molecule has 1 amide bonds. The second-order valence-corrected chi connectivity index (χ2v) is 9.68. The summed E-state index contributed by atoms with van der Waals surface area (Å²) >= 11 is 5.81. The van der Waals surface area contributed by atoms with Gasteiger partial charge in [-0.1, -0.05) is 66.2 Å². The van der Waals surface area contributed by atoms with Crippen LogP contribution >= 0.6 is 12.2 Å². The van der Waals surface area contributed by atoms with Crippen LogP contribution in [0.4, 0.5) is 5.69 Å². The number of hydrogen-bond donors (Lipinski definition) is 2. The average molecular weight is 472 g/mol. The van der Waals surface area contributed by atoms with Gasteiger partial charge in [-0.25, -0.2) is 0 Å². The molecule has 2 aliphatic heterocycles. The Balaban J connectivity index is 1.51. The number of nitrogens with zero attached hydrogens (tertiary/aromatic N) is 1. The Morgan fingerprint density at radius 3 is 2.59 bits per heavy atom. The molecule has 0 spiro atoms. The van der Waals surface area contributed by atoms with Crippen LogP contribution in [-0.2, 0) is 11.2 Å². The third-order valence-electron chi connectivity index (χ3n) is 6.93. The molecule has 5 nitrogen and oxygen atoms in total. The molecule has 1 fully saturated rings. The number of para-hydroxylation sites is 1. The predicted molar refractivity (Wildman–Crippen MR) is 139 cm³/mol. The fourth-order valence-corrected chi connectivity index (χ4v) is 5.57. The first-order valence-electron chi connectivity index (χ1n) is 11.6. The Bertz CT molecular complexity index is 1250. The van der Waals surface area contributed by atoms with Crippen molar-refractivity contribution in [2.75, 3.05) is 11.9 Å². The van der Waals surface area contributed by atoms with Crippen LogP contribution in [0.1, 0.15) is 35.2 Å². The van der Waals surface area contributed by atoms with Crippen LogP contribution in [-0.4, -0.2) is 28.2 Å². The molecule has 34 heavy (non-hydrogen) atoms. The summed E-state index contributed by atoms with van der Waals surface area (Å²) < 4.78 is 6.62. The minimum atomic E-state index is -0.932. The van der Waals surface area contributed by atoms with Gasteiger partial charge in [0.15, 0.2) is 10.8 Å². The lowest BCUT2D eigenvalue weighted by Crippen LogP contribution is -2.71. The second kappa shape index (κ2) is 8.76. The van der Waals surface area contributed by atoms with Crippen LogP contribution in [0.3, 0.4) is 0 Å². The fourth-order valence-electron chi connectivity index (χ4n) is 5.17. The molecule has 3 aromatic carbocycles. The molecule has 2 heterocycles. The average Bonchev–Trinajstić information content (AvgIpc) is 2.81. The zero-order valence-electron chi connectivity index (χ0n) is 19.7. The summed E-state index contributed by atoms with van der Waals surface area (Å²) in [4.78, 5) is 15.9. The van der Waals surface area contributed by atoms with Crippen LogP contribution in [0.5, 0.6) is 5.75 Å². The number of thiocarbonyl (C=S) groups is 1. The van der Waals surface area contributed by atoms with E-state index in [9.17, 15) is 4.79 Å². The summed E-state index contributed by atoms with van der Waals surface area (Å²) in [6.45, 7) is 6.68. The van der Waals surface area contributed by atoms with Crippen LogP contribution < -0.4 is 15.4 Å². The number of fused-ring (bicyclic) bond motifs is 4. The van der Waals surface area contributed by atoms with E-state index in [0.29, 0.717) is 11.7 Å². The highest BCUT2D eigenvalue weighted by Crippen LogP contribution is 2.48. The van der Waals surface area contributed by atoms with Crippen LogP contribution in [0.15, 0.2) is 72.8 Å². The number of rotatable bonds is 5. The second-order valence-electron chi connectivity index (χ2n) is 9.29. The number of amides is 1. The van der Waals surface area contributed by atoms with Gasteiger partial charge >= 0.3 is 0 Å². The summed E-state index contributed by atoms with van der Waals surface area (Å²) in [5.74, 6) is 0.185. The van der Waals surface area contributed by atoms with Crippen molar-refractivity contribution in [3.8, 4) is 5.75 Å². The molecule has 3 atom stereocenters. The highest BCUT2D eigenvalue weighted by molar-refractivity contribution is 7.80. The van der Waals surface area contributed by atoms with Gasteiger partial charge in [0.05, 0.1) is 6.04 Å². The van der Waals surface area contributed by atoms with Gasteiger partial charge in [0, 0.05) is 17.8 Å². The van der Waals surface area contributed by atoms with Gasteiger partial charge in [0.2, 0.25) is 5.91 Å².